The molecular formula is C20H25N5O2. The van der Waals surface area contributed by atoms with Gasteiger partial charge in [0.1, 0.15) is 11.5 Å². The van der Waals surface area contributed by atoms with Crippen LogP contribution in [-0.2, 0) is 11.3 Å². The summed E-state index contributed by atoms with van der Waals surface area (Å²) in [4.78, 5) is 37.8. The van der Waals surface area contributed by atoms with Gasteiger partial charge in [-0.3, -0.25) is 9.59 Å². The van der Waals surface area contributed by atoms with Crippen LogP contribution in [0.15, 0.2) is 42.7 Å². The van der Waals surface area contributed by atoms with Crippen molar-refractivity contribution in [2.45, 2.75) is 26.4 Å². The second-order valence-corrected chi connectivity index (χ2v) is 6.90. The molecule has 0 radical (unpaired) electrons. The molecule has 1 aliphatic rings. The number of carbonyl (C=O) groups is 2. The van der Waals surface area contributed by atoms with Gasteiger partial charge >= 0.3 is 0 Å². The summed E-state index contributed by atoms with van der Waals surface area (Å²) >= 11 is 0. The SMILES string of the molecule is CC(C)N(Cc1ccccc1)c1cnc(C(=O)N2CCN(C=O)CC2)cn1. The zero-order chi connectivity index (χ0) is 19.2. The van der Waals surface area contributed by atoms with Crippen molar-refractivity contribution in [3.63, 3.8) is 0 Å². The number of nitrogens with zero attached hydrogens (tertiary/aromatic N) is 5. The smallest absolute Gasteiger partial charge is 0.274 e. The fourth-order valence-electron chi connectivity index (χ4n) is 3.08. The van der Waals surface area contributed by atoms with Gasteiger partial charge in [0, 0.05) is 38.8 Å². The van der Waals surface area contributed by atoms with Crippen molar-refractivity contribution < 1.29 is 9.59 Å². The van der Waals surface area contributed by atoms with E-state index in [1.54, 1.807) is 22.2 Å². The maximum Gasteiger partial charge on any atom is 0.274 e. The van der Waals surface area contributed by atoms with E-state index in [9.17, 15) is 9.59 Å². The van der Waals surface area contributed by atoms with Gasteiger partial charge < -0.3 is 14.7 Å². The molecule has 0 aliphatic carbocycles. The van der Waals surface area contributed by atoms with Crippen LogP contribution >= 0.6 is 0 Å². The zero-order valence-electron chi connectivity index (χ0n) is 15.8. The lowest BCUT2D eigenvalue weighted by Crippen LogP contribution is -2.48. The molecule has 0 atom stereocenters. The van der Waals surface area contributed by atoms with Crippen molar-refractivity contribution in [2.24, 2.45) is 0 Å². The minimum atomic E-state index is -0.140. The van der Waals surface area contributed by atoms with E-state index in [0.29, 0.717) is 31.9 Å². The number of anilines is 1. The fraction of sp³-hybridized carbons (Fsp3) is 0.400. The maximum atomic E-state index is 12.6. The lowest BCUT2D eigenvalue weighted by molar-refractivity contribution is -0.119. The van der Waals surface area contributed by atoms with Crippen molar-refractivity contribution >= 4 is 18.1 Å². The molecule has 1 aromatic heterocycles. The number of benzene rings is 1. The highest BCUT2D eigenvalue weighted by Gasteiger charge is 2.23. The molecule has 1 aromatic carbocycles. The Labute approximate surface area is 159 Å². The lowest BCUT2D eigenvalue weighted by Gasteiger charge is -2.32. The van der Waals surface area contributed by atoms with Crippen molar-refractivity contribution in [1.29, 1.82) is 0 Å². The van der Waals surface area contributed by atoms with Crippen LogP contribution in [-0.4, -0.2) is 64.3 Å². The quantitative estimate of drug-likeness (QED) is 0.728. The van der Waals surface area contributed by atoms with Crippen molar-refractivity contribution in [1.82, 2.24) is 19.8 Å². The van der Waals surface area contributed by atoms with E-state index in [-0.39, 0.29) is 11.9 Å². The average molecular weight is 367 g/mol. The predicted octanol–water partition coefficient (Wildman–Crippen LogP) is 1.81. The molecular weight excluding hydrogens is 342 g/mol. The summed E-state index contributed by atoms with van der Waals surface area (Å²) in [6.07, 6.45) is 4.03. The Hall–Kier alpha value is -2.96. The second-order valence-electron chi connectivity index (χ2n) is 6.90. The molecule has 0 unspecified atom stereocenters. The molecule has 0 saturated carbocycles. The van der Waals surface area contributed by atoms with Crippen molar-refractivity contribution in [2.75, 3.05) is 31.1 Å². The summed E-state index contributed by atoms with van der Waals surface area (Å²) in [6, 6.07) is 10.5. The number of rotatable bonds is 6. The van der Waals surface area contributed by atoms with E-state index in [4.69, 9.17) is 0 Å². The summed E-state index contributed by atoms with van der Waals surface area (Å²) in [5.41, 5.74) is 1.53. The Morgan fingerprint density at radius 3 is 2.37 bits per heavy atom. The molecule has 7 nitrogen and oxygen atoms in total. The van der Waals surface area contributed by atoms with Crippen molar-refractivity contribution in [3.8, 4) is 0 Å². The van der Waals surface area contributed by atoms with E-state index in [0.717, 1.165) is 18.8 Å². The second kappa shape index (κ2) is 8.62. The molecule has 0 N–H and O–H groups in total. The Balaban J connectivity index is 1.69. The molecule has 3 rings (SSSR count). The molecule has 1 fully saturated rings. The van der Waals surface area contributed by atoms with E-state index >= 15 is 0 Å². The third-order valence-corrected chi connectivity index (χ3v) is 4.72. The van der Waals surface area contributed by atoms with Crippen LogP contribution in [0.1, 0.15) is 29.9 Å². The average Bonchev–Trinajstić information content (AvgIpc) is 2.72. The van der Waals surface area contributed by atoms with Crippen LogP contribution in [0.25, 0.3) is 0 Å². The lowest BCUT2D eigenvalue weighted by atomic mass is 10.2. The van der Waals surface area contributed by atoms with Gasteiger partial charge in [-0.1, -0.05) is 30.3 Å². The van der Waals surface area contributed by atoms with Gasteiger partial charge in [0.2, 0.25) is 6.41 Å². The molecule has 27 heavy (non-hydrogen) atoms. The first-order chi connectivity index (χ1) is 13.1. The van der Waals surface area contributed by atoms with Gasteiger partial charge in [-0.25, -0.2) is 9.97 Å². The van der Waals surface area contributed by atoms with Gasteiger partial charge in [0.15, 0.2) is 0 Å². The van der Waals surface area contributed by atoms with Crippen LogP contribution < -0.4 is 4.90 Å². The Morgan fingerprint density at radius 1 is 1.11 bits per heavy atom. The summed E-state index contributed by atoms with van der Waals surface area (Å²) in [5, 5.41) is 0. The number of hydrogen-bond donors (Lipinski definition) is 0. The molecule has 2 aromatic rings. The highest BCUT2D eigenvalue weighted by molar-refractivity contribution is 5.92. The molecule has 1 aliphatic heterocycles. The predicted molar refractivity (Wildman–Crippen MR) is 103 cm³/mol. The number of amides is 2. The topological polar surface area (TPSA) is 69.6 Å². The molecule has 7 heteroatoms. The summed E-state index contributed by atoms with van der Waals surface area (Å²) < 4.78 is 0. The molecule has 0 bridgehead atoms. The Morgan fingerprint density at radius 2 is 1.81 bits per heavy atom. The number of carbonyl (C=O) groups excluding carboxylic acids is 2. The Kier molecular flexibility index (Phi) is 6.01. The van der Waals surface area contributed by atoms with Crippen LogP contribution in [0.2, 0.25) is 0 Å². The normalized spacial score (nSPS) is 14.3. The van der Waals surface area contributed by atoms with Gasteiger partial charge in [0.25, 0.3) is 5.91 Å². The van der Waals surface area contributed by atoms with Crippen LogP contribution in [0.3, 0.4) is 0 Å². The third kappa shape index (κ3) is 4.61. The molecule has 2 heterocycles. The number of aromatic nitrogens is 2. The number of hydrogen-bond acceptors (Lipinski definition) is 5. The van der Waals surface area contributed by atoms with Gasteiger partial charge in [-0.2, -0.15) is 0 Å². The minimum absolute atomic E-state index is 0.140. The molecule has 142 valence electrons. The minimum Gasteiger partial charge on any atom is -0.349 e. The maximum absolute atomic E-state index is 12.6. The molecule has 0 spiro atoms. The van der Waals surface area contributed by atoms with Gasteiger partial charge in [-0.05, 0) is 19.4 Å². The third-order valence-electron chi connectivity index (χ3n) is 4.72. The summed E-state index contributed by atoms with van der Waals surface area (Å²) in [7, 11) is 0. The largest absolute Gasteiger partial charge is 0.349 e. The van der Waals surface area contributed by atoms with Crippen LogP contribution in [0.4, 0.5) is 5.82 Å². The van der Waals surface area contributed by atoms with Gasteiger partial charge in [-0.15, -0.1) is 0 Å². The first kappa shape index (κ1) is 18.8. The van der Waals surface area contributed by atoms with Crippen LogP contribution in [0.5, 0.6) is 0 Å². The van der Waals surface area contributed by atoms with E-state index in [2.05, 4.69) is 40.8 Å². The molecule has 1 saturated heterocycles. The first-order valence-electron chi connectivity index (χ1n) is 9.19. The highest BCUT2D eigenvalue weighted by Crippen LogP contribution is 2.17. The highest BCUT2D eigenvalue weighted by atomic mass is 16.2. The Bertz CT molecular complexity index is 756. The van der Waals surface area contributed by atoms with E-state index < -0.39 is 0 Å². The van der Waals surface area contributed by atoms with Crippen molar-refractivity contribution in [3.05, 3.63) is 54.0 Å². The molecule has 2 amide bonds. The zero-order valence-corrected chi connectivity index (χ0v) is 15.8. The first-order valence-corrected chi connectivity index (χ1v) is 9.19. The standard InChI is InChI=1S/C20H25N5O2/c1-16(2)25(14-17-6-4-3-5-7-17)19-13-21-18(12-22-19)20(27)24-10-8-23(15-26)9-11-24/h3-7,12-13,15-16H,8-11,14H2,1-2H3. The monoisotopic (exact) mass is 367 g/mol. The van der Waals surface area contributed by atoms with Crippen LogP contribution in [0, 0.1) is 0 Å². The van der Waals surface area contributed by atoms with E-state index in [1.165, 1.54) is 5.56 Å². The summed E-state index contributed by atoms with van der Waals surface area (Å²) in [5.74, 6) is 0.606. The van der Waals surface area contributed by atoms with Gasteiger partial charge in [0.05, 0.1) is 12.4 Å². The number of piperazine rings is 1. The summed E-state index contributed by atoms with van der Waals surface area (Å²) in [6.45, 7) is 7.10. The van der Waals surface area contributed by atoms with E-state index in [1.807, 2.05) is 18.2 Å². The fourth-order valence-corrected chi connectivity index (χ4v) is 3.08.